The summed E-state index contributed by atoms with van der Waals surface area (Å²) >= 11 is 1.75. The molecule has 0 aliphatic heterocycles. The molecule has 0 unspecified atom stereocenters. The van der Waals surface area contributed by atoms with Gasteiger partial charge in [0.15, 0.2) is 0 Å². The molecule has 1 aromatic heterocycles. The van der Waals surface area contributed by atoms with Crippen molar-refractivity contribution in [2.75, 3.05) is 46.4 Å². The summed E-state index contributed by atoms with van der Waals surface area (Å²) in [7, 11) is 3.38. The summed E-state index contributed by atoms with van der Waals surface area (Å²) < 4.78 is 22.1. The van der Waals surface area contributed by atoms with Crippen LogP contribution in [0.3, 0.4) is 0 Å². The molecule has 186 valence electrons. The second-order valence-corrected chi connectivity index (χ2v) is 9.68. The van der Waals surface area contributed by atoms with E-state index in [9.17, 15) is 0 Å². The van der Waals surface area contributed by atoms with Gasteiger partial charge in [-0.3, -0.25) is 0 Å². The van der Waals surface area contributed by atoms with Crippen molar-refractivity contribution < 1.29 is 18.9 Å². The number of hydrogen-bond acceptors (Lipinski definition) is 7. The van der Waals surface area contributed by atoms with Crippen molar-refractivity contribution in [1.82, 2.24) is 9.97 Å². The number of aryl methyl sites for hydroxylation is 1. The van der Waals surface area contributed by atoms with Gasteiger partial charge >= 0.3 is 0 Å². The van der Waals surface area contributed by atoms with Gasteiger partial charge in [0.25, 0.3) is 0 Å². The Morgan fingerprint density at radius 1 is 0.722 bits per heavy atom. The van der Waals surface area contributed by atoms with Crippen molar-refractivity contribution in [3.8, 4) is 11.5 Å². The van der Waals surface area contributed by atoms with Crippen LogP contribution in [0.5, 0.6) is 11.5 Å². The van der Waals surface area contributed by atoms with Gasteiger partial charge in [-0.05, 0) is 78.7 Å². The second-order valence-electron chi connectivity index (χ2n) is 8.51. The number of nitrogens with zero attached hydrogens (tertiary/aromatic N) is 2. The maximum absolute atomic E-state index is 5.65. The summed E-state index contributed by atoms with van der Waals surface area (Å²) in [5, 5.41) is 4.35. The molecule has 0 aliphatic carbocycles. The Kier molecular flexibility index (Phi) is 7.41. The van der Waals surface area contributed by atoms with E-state index >= 15 is 0 Å². The van der Waals surface area contributed by atoms with E-state index in [0.29, 0.717) is 19.8 Å². The summed E-state index contributed by atoms with van der Waals surface area (Å²) in [6, 6.07) is 16.5. The third-order valence-corrected chi connectivity index (χ3v) is 7.22. The van der Waals surface area contributed by atoms with E-state index in [1.807, 2.05) is 19.1 Å². The molecule has 7 heteroatoms. The quantitative estimate of drug-likeness (QED) is 0.0927. The van der Waals surface area contributed by atoms with Crippen LogP contribution < -0.4 is 9.47 Å². The first-order valence-corrected chi connectivity index (χ1v) is 13.1. The molecule has 5 aromatic rings. The molecular formula is C29H30N2O4S. The van der Waals surface area contributed by atoms with Crippen LogP contribution in [0.1, 0.15) is 12.5 Å². The Hall–Kier alpha value is -3.13. The van der Waals surface area contributed by atoms with Crippen molar-refractivity contribution in [3.63, 3.8) is 0 Å². The predicted molar refractivity (Wildman–Crippen MR) is 148 cm³/mol. The highest BCUT2D eigenvalue weighted by atomic mass is 32.2. The van der Waals surface area contributed by atoms with Gasteiger partial charge in [-0.15, -0.1) is 11.8 Å². The van der Waals surface area contributed by atoms with Gasteiger partial charge in [0, 0.05) is 28.0 Å². The summed E-state index contributed by atoms with van der Waals surface area (Å²) in [4.78, 5) is 11.4. The Morgan fingerprint density at radius 2 is 1.47 bits per heavy atom. The van der Waals surface area contributed by atoms with Crippen LogP contribution in [0.4, 0.5) is 0 Å². The summed E-state index contributed by atoms with van der Waals surface area (Å²) in [5.41, 5.74) is 4.59. The highest BCUT2D eigenvalue weighted by Gasteiger charge is 2.16. The molecule has 0 amide bonds. The Morgan fingerprint density at radius 3 is 2.28 bits per heavy atom. The molecular weight excluding hydrogens is 472 g/mol. The molecule has 1 heterocycles. The zero-order valence-corrected chi connectivity index (χ0v) is 21.9. The first-order valence-electron chi connectivity index (χ1n) is 12.1. The molecule has 0 spiro atoms. The number of rotatable bonds is 10. The highest BCUT2D eigenvalue weighted by Crippen LogP contribution is 2.39. The molecule has 36 heavy (non-hydrogen) atoms. The number of benzene rings is 4. The monoisotopic (exact) mass is 502 g/mol. The zero-order chi connectivity index (χ0) is 25.1. The van der Waals surface area contributed by atoms with Gasteiger partial charge in [-0.1, -0.05) is 0 Å². The second kappa shape index (κ2) is 10.9. The fourth-order valence-corrected chi connectivity index (χ4v) is 5.36. The number of fused-ring (bicyclic) bond motifs is 7. The fourth-order valence-electron chi connectivity index (χ4n) is 4.56. The van der Waals surface area contributed by atoms with E-state index in [1.165, 1.54) is 0 Å². The minimum atomic E-state index is 0.623. The van der Waals surface area contributed by atoms with Crippen molar-refractivity contribution in [1.29, 1.82) is 0 Å². The van der Waals surface area contributed by atoms with E-state index in [4.69, 9.17) is 28.9 Å². The average molecular weight is 503 g/mol. The van der Waals surface area contributed by atoms with Gasteiger partial charge in [0.2, 0.25) is 0 Å². The van der Waals surface area contributed by atoms with E-state index in [-0.39, 0.29) is 0 Å². The van der Waals surface area contributed by atoms with E-state index < -0.39 is 0 Å². The molecule has 0 saturated carbocycles. The Labute approximate surface area is 214 Å². The van der Waals surface area contributed by atoms with E-state index in [1.54, 1.807) is 26.0 Å². The maximum Gasteiger partial charge on any atom is 0.119 e. The minimum absolute atomic E-state index is 0.623. The molecule has 0 atom stereocenters. The number of ether oxygens (including phenoxy) is 4. The molecule has 0 fully saturated rings. The highest BCUT2D eigenvalue weighted by molar-refractivity contribution is 7.99. The molecule has 4 aromatic carbocycles. The molecule has 0 N–H and O–H groups in total. The topological polar surface area (TPSA) is 62.7 Å². The SMILES string of the molecule is CCOCCOCCSc1ccc2nc3c4cc(OC)ccc4c4c(C)cc(OC)cc4c3nc2c1. The molecule has 0 bridgehead atoms. The first-order chi connectivity index (χ1) is 17.6. The zero-order valence-electron chi connectivity index (χ0n) is 21.1. The Balaban J connectivity index is 1.60. The summed E-state index contributed by atoms with van der Waals surface area (Å²) in [6.45, 7) is 6.75. The molecule has 6 nitrogen and oxygen atoms in total. The van der Waals surface area contributed by atoms with Crippen LogP contribution in [0.25, 0.3) is 43.6 Å². The Bertz CT molecular complexity index is 1550. The fraction of sp³-hybridized carbons (Fsp3) is 0.310. The third kappa shape index (κ3) is 4.78. The average Bonchev–Trinajstić information content (AvgIpc) is 2.91. The lowest BCUT2D eigenvalue weighted by molar-refractivity contribution is 0.0594. The molecule has 0 radical (unpaired) electrons. The van der Waals surface area contributed by atoms with Crippen molar-refractivity contribution in [2.24, 2.45) is 0 Å². The number of methoxy groups -OCH3 is 2. The van der Waals surface area contributed by atoms with Crippen molar-refractivity contribution >= 4 is 55.4 Å². The van der Waals surface area contributed by atoms with Gasteiger partial charge in [-0.25, -0.2) is 9.97 Å². The number of hydrogen-bond donors (Lipinski definition) is 0. The smallest absolute Gasteiger partial charge is 0.119 e. The van der Waals surface area contributed by atoms with E-state index in [2.05, 4.69) is 43.3 Å². The minimum Gasteiger partial charge on any atom is -0.497 e. The first kappa shape index (κ1) is 24.6. The largest absolute Gasteiger partial charge is 0.497 e. The molecule has 5 rings (SSSR count). The van der Waals surface area contributed by atoms with Gasteiger partial charge in [0.05, 0.1) is 56.1 Å². The van der Waals surface area contributed by atoms with Crippen LogP contribution in [0.15, 0.2) is 53.4 Å². The standard InChI is InChI=1S/C29H30N2O4S/c1-5-34-10-11-35-12-13-36-21-7-9-25-26(17-21)31-29-24-16-20(33-4)14-18(2)27(24)22-8-6-19(32-3)15-23(22)28(29)30-25/h6-9,14-17H,5,10-13H2,1-4H3. The van der Waals surface area contributed by atoms with Crippen LogP contribution >= 0.6 is 11.8 Å². The van der Waals surface area contributed by atoms with Crippen LogP contribution in [0.2, 0.25) is 0 Å². The lowest BCUT2D eigenvalue weighted by Crippen LogP contribution is -2.06. The number of thioether (sulfide) groups is 1. The van der Waals surface area contributed by atoms with Crippen LogP contribution in [0, 0.1) is 6.92 Å². The summed E-state index contributed by atoms with van der Waals surface area (Å²) in [5.74, 6) is 2.47. The van der Waals surface area contributed by atoms with Gasteiger partial charge in [0.1, 0.15) is 11.5 Å². The normalized spacial score (nSPS) is 11.7. The van der Waals surface area contributed by atoms with Crippen molar-refractivity contribution in [2.45, 2.75) is 18.7 Å². The number of aromatic nitrogens is 2. The maximum atomic E-state index is 5.65. The predicted octanol–water partition coefficient (Wildman–Crippen LogP) is 6.56. The van der Waals surface area contributed by atoms with E-state index in [0.717, 1.165) is 77.9 Å². The molecule has 0 aliphatic rings. The third-order valence-electron chi connectivity index (χ3n) is 6.26. The van der Waals surface area contributed by atoms with Crippen LogP contribution in [-0.2, 0) is 9.47 Å². The lowest BCUT2D eigenvalue weighted by atomic mass is 9.95. The molecule has 0 saturated heterocycles. The van der Waals surface area contributed by atoms with Crippen LogP contribution in [-0.4, -0.2) is 56.4 Å². The van der Waals surface area contributed by atoms with Gasteiger partial charge in [-0.2, -0.15) is 0 Å². The lowest BCUT2D eigenvalue weighted by Gasteiger charge is -2.14. The van der Waals surface area contributed by atoms with Gasteiger partial charge < -0.3 is 18.9 Å². The van der Waals surface area contributed by atoms with Crippen molar-refractivity contribution in [3.05, 3.63) is 54.1 Å². The summed E-state index contributed by atoms with van der Waals surface area (Å²) in [6.07, 6.45) is 0.